The second-order valence-corrected chi connectivity index (χ2v) is 6.17. The van der Waals surface area contributed by atoms with Crippen LogP contribution in [0.5, 0.6) is 0 Å². The zero-order valence-corrected chi connectivity index (χ0v) is 16.6. The largest absolute Gasteiger partial charge is 0.417 e. The maximum absolute atomic E-state index is 13.2. The third kappa shape index (κ3) is 5.39. The molecule has 0 aliphatic rings. The molecule has 6 nitrogen and oxygen atoms in total. The number of nitrogens with zero attached hydrogens (tertiary/aromatic N) is 2. The van der Waals surface area contributed by atoms with E-state index in [9.17, 15) is 18.0 Å². The number of amides is 1. The average molecular weight is 420 g/mol. The average Bonchev–Trinajstić information content (AvgIpc) is 3.04. The summed E-state index contributed by atoms with van der Waals surface area (Å²) in [7, 11) is 0. The molecule has 4 N–H and O–H groups in total. The number of carbonyl (C=O) groups is 1. The van der Waals surface area contributed by atoms with E-state index in [0.717, 1.165) is 30.6 Å². The highest BCUT2D eigenvalue weighted by Crippen LogP contribution is 2.35. The van der Waals surface area contributed by atoms with E-state index in [1.54, 1.807) is 0 Å². The Balaban J connectivity index is 0.00000392. The van der Waals surface area contributed by atoms with Crippen molar-refractivity contribution < 1.29 is 18.0 Å². The normalized spacial score (nSPS) is 11.5. The monoisotopic (exact) mass is 419 g/mol. The molecule has 0 saturated heterocycles. The molecule has 1 aromatic carbocycles. The Morgan fingerprint density at radius 3 is 2.39 bits per heavy atom. The first kappa shape index (κ1) is 23.8. The minimum atomic E-state index is -4.52. The highest BCUT2D eigenvalue weighted by molar-refractivity contribution is 6.06. The van der Waals surface area contributed by atoms with E-state index in [2.05, 4.69) is 9.88 Å². The van der Waals surface area contributed by atoms with Gasteiger partial charge in [0.1, 0.15) is 5.69 Å². The van der Waals surface area contributed by atoms with Crippen molar-refractivity contribution >= 4 is 35.2 Å². The first-order valence-corrected chi connectivity index (χ1v) is 8.76. The molecule has 0 radical (unpaired) electrons. The standard InChI is InChI=1S/C18H24F3N5O.ClH/c1-3-25(4-2)9-6-10-26(17(22)23)16(27)15-11-12-13(18(19,20)21)7-5-8-14(12)24-15;/h5,7-8,11,24H,3-4,6,9-10H2,1-2H3,(H3,22,23);1H. The highest BCUT2D eigenvalue weighted by Gasteiger charge is 2.33. The number of fused-ring (bicyclic) bond motifs is 1. The van der Waals surface area contributed by atoms with Crippen molar-refractivity contribution in [3.05, 3.63) is 35.5 Å². The Kier molecular flexibility index (Phi) is 8.31. The molecule has 2 rings (SSSR count). The summed E-state index contributed by atoms with van der Waals surface area (Å²) in [6.07, 6.45) is -3.92. The number of guanidine groups is 1. The highest BCUT2D eigenvalue weighted by atomic mass is 35.5. The summed E-state index contributed by atoms with van der Waals surface area (Å²) in [6, 6.07) is 4.89. The maximum atomic E-state index is 13.2. The van der Waals surface area contributed by atoms with Crippen LogP contribution in [0.1, 0.15) is 36.3 Å². The number of aromatic nitrogens is 1. The van der Waals surface area contributed by atoms with E-state index in [0.29, 0.717) is 6.42 Å². The van der Waals surface area contributed by atoms with E-state index in [1.165, 1.54) is 18.2 Å². The number of H-pyrrole nitrogens is 1. The number of hydrogen-bond acceptors (Lipinski definition) is 3. The summed E-state index contributed by atoms with van der Waals surface area (Å²) >= 11 is 0. The van der Waals surface area contributed by atoms with Gasteiger partial charge in [0, 0.05) is 17.4 Å². The van der Waals surface area contributed by atoms with Gasteiger partial charge >= 0.3 is 6.18 Å². The van der Waals surface area contributed by atoms with Crippen LogP contribution in [0.4, 0.5) is 13.2 Å². The fourth-order valence-corrected chi connectivity index (χ4v) is 2.99. The van der Waals surface area contributed by atoms with Gasteiger partial charge < -0.3 is 15.6 Å². The van der Waals surface area contributed by atoms with Gasteiger partial charge in [0.2, 0.25) is 0 Å². The van der Waals surface area contributed by atoms with Gasteiger partial charge in [-0.3, -0.25) is 15.1 Å². The van der Waals surface area contributed by atoms with Crippen molar-refractivity contribution in [2.75, 3.05) is 26.2 Å². The predicted molar refractivity (Wildman–Crippen MR) is 106 cm³/mol. The predicted octanol–water partition coefficient (Wildman–Crippen LogP) is 3.68. The number of carbonyl (C=O) groups excluding carboxylic acids is 1. The lowest BCUT2D eigenvalue weighted by molar-refractivity contribution is -0.136. The molecule has 2 aromatic rings. The number of nitrogens with two attached hydrogens (primary N) is 1. The third-order valence-electron chi connectivity index (χ3n) is 4.49. The van der Waals surface area contributed by atoms with Gasteiger partial charge in [-0.25, -0.2) is 0 Å². The third-order valence-corrected chi connectivity index (χ3v) is 4.49. The molecule has 28 heavy (non-hydrogen) atoms. The molecule has 0 spiro atoms. The number of aromatic amines is 1. The van der Waals surface area contributed by atoms with Crippen molar-refractivity contribution in [2.45, 2.75) is 26.4 Å². The molecule has 0 aliphatic heterocycles. The van der Waals surface area contributed by atoms with E-state index < -0.39 is 23.6 Å². The van der Waals surface area contributed by atoms with E-state index in [4.69, 9.17) is 11.1 Å². The minimum Gasteiger partial charge on any atom is -0.370 e. The number of nitrogens with one attached hydrogen (secondary N) is 2. The summed E-state index contributed by atoms with van der Waals surface area (Å²) in [5, 5.41) is 7.57. The lowest BCUT2D eigenvalue weighted by atomic mass is 10.1. The Labute approximate surface area is 167 Å². The molecular formula is C18H25ClF3N5O. The van der Waals surface area contributed by atoms with Gasteiger partial charge in [-0.15, -0.1) is 12.4 Å². The van der Waals surface area contributed by atoms with Crippen LogP contribution in [0.25, 0.3) is 10.9 Å². The number of halogens is 4. The molecule has 0 unspecified atom stereocenters. The molecule has 0 fully saturated rings. The van der Waals surface area contributed by atoms with Gasteiger partial charge in [-0.2, -0.15) is 13.2 Å². The Bertz CT molecular complexity index is 817. The first-order chi connectivity index (χ1) is 12.7. The summed E-state index contributed by atoms with van der Waals surface area (Å²) < 4.78 is 39.5. The van der Waals surface area contributed by atoms with Gasteiger partial charge in [-0.05, 0) is 44.3 Å². The van der Waals surface area contributed by atoms with Crippen LogP contribution in [-0.4, -0.2) is 52.8 Å². The Morgan fingerprint density at radius 1 is 1.21 bits per heavy atom. The molecule has 1 amide bonds. The summed E-state index contributed by atoms with van der Waals surface area (Å²) in [4.78, 5) is 18.7. The summed E-state index contributed by atoms with van der Waals surface area (Å²) in [6.45, 7) is 6.74. The van der Waals surface area contributed by atoms with Crippen molar-refractivity contribution in [3.8, 4) is 0 Å². The molecule has 0 bridgehead atoms. The van der Waals surface area contributed by atoms with Crippen LogP contribution in [0.2, 0.25) is 0 Å². The van der Waals surface area contributed by atoms with Crippen LogP contribution in [0.15, 0.2) is 24.3 Å². The number of alkyl halides is 3. The maximum Gasteiger partial charge on any atom is 0.417 e. The van der Waals surface area contributed by atoms with E-state index >= 15 is 0 Å². The molecule has 156 valence electrons. The SMILES string of the molecule is CCN(CC)CCCN(C(=N)N)C(=O)c1cc2c(C(F)(F)F)cccc2[nH]1.Cl. The lowest BCUT2D eigenvalue weighted by Gasteiger charge is -2.23. The molecule has 0 saturated carbocycles. The van der Waals surface area contributed by atoms with E-state index in [1.807, 2.05) is 13.8 Å². The lowest BCUT2D eigenvalue weighted by Crippen LogP contribution is -2.43. The fourth-order valence-electron chi connectivity index (χ4n) is 2.99. The quantitative estimate of drug-likeness (QED) is 0.472. The second kappa shape index (κ2) is 9.79. The van der Waals surface area contributed by atoms with Crippen molar-refractivity contribution in [3.63, 3.8) is 0 Å². The zero-order chi connectivity index (χ0) is 20.2. The summed E-state index contributed by atoms with van der Waals surface area (Å²) in [5.74, 6) is -1.05. The molecule has 0 atom stereocenters. The smallest absolute Gasteiger partial charge is 0.370 e. The topological polar surface area (TPSA) is 89.2 Å². The van der Waals surface area contributed by atoms with Crippen molar-refractivity contribution in [1.29, 1.82) is 5.41 Å². The van der Waals surface area contributed by atoms with Crippen LogP contribution in [0.3, 0.4) is 0 Å². The first-order valence-electron chi connectivity index (χ1n) is 8.76. The van der Waals surface area contributed by atoms with Crippen LogP contribution in [-0.2, 0) is 6.18 Å². The van der Waals surface area contributed by atoms with Gasteiger partial charge in [0.05, 0.1) is 5.56 Å². The Hall–Kier alpha value is -2.26. The zero-order valence-electron chi connectivity index (χ0n) is 15.8. The molecule has 1 heterocycles. The van der Waals surface area contributed by atoms with Crippen molar-refractivity contribution in [1.82, 2.24) is 14.8 Å². The van der Waals surface area contributed by atoms with Crippen LogP contribution < -0.4 is 5.73 Å². The minimum absolute atomic E-state index is 0. The molecule has 1 aromatic heterocycles. The van der Waals surface area contributed by atoms with Crippen molar-refractivity contribution in [2.24, 2.45) is 5.73 Å². The second-order valence-electron chi connectivity index (χ2n) is 6.17. The van der Waals surface area contributed by atoms with Gasteiger partial charge in [-0.1, -0.05) is 19.9 Å². The van der Waals surface area contributed by atoms with Crippen LogP contribution >= 0.6 is 12.4 Å². The fraction of sp³-hybridized carbons (Fsp3) is 0.444. The van der Waals surface area contributed by atoms with Crippen LogP contribution in [0, 0.1) is 5.41 Å². The molecule has 0 aliphatic carbocycles. The molecular weight excluding hydrogens is 395 g/mol. The van der Waals surface area contributed by atoms with Gasteiger partial charge in [0.15, 0.2) is 5.96 Å². The number of benzene rings is 1. The van der Waals surface area contributed by atoms with Gasteiger partial charge in [0.25, 0.3) is 5.91 Å². The number of hydrogen-bond donors (Lipinski definition) is 3. The molecule has 10 heteroatoms. The Morgan fingerprint density at radius 2 is 1.86 bits per heavy atom. The van der Waals surface area contributed by atoms with E-state index in [-0.39, 0.29) is 35.5 Å². The summed E-state index contributed by atoms with van der Waals surface area (Å²) in [5.41, 5.74) is 4.90. The number of rotatable bonds is 7.